The van der Waals surface area contributed by atoms with Gasteiger partial charge in [0.2, 0.25) is 0 Å². The highest BCUT2D eigenvalue weighted by Crippen LogP contribution is 2.45. The second-order valence-corrected chi connectivity index (χ2v) is 25.1. The molecule has 9 aromatic rings. The Bertz CT molecular complexity index is 2990. The van der Waals surface area contributed by atoms with Crippen LogP contribution in [-0.4, -0.2) is 19.4 Å². The van der Waals surface area contributed by atoms with Crippen molar-refractivity contribution in [3.63, 3.8) is 0 Å². The molecule has 1 unspecified atom stereocenters. The van der Waals surface area contributed by atoms with Gasteiger partial charge in [-0.1, -0.05) is 189 Å². The Morgan fingerprint density at radius 2 is 0.770 bits per heavy atom. The Balaban J connectivity index is 1.16. The Hall–Kier alpha value is -6.64. The molecule has 0 saturated heterocycles. The minimum absolute atomic E-state index is 0.0499. The quantitative estimate of drug-likeness (QED) is 0.101. The highest BCUT2D eigenvalue weighted by atomic mass is 32.1. The van der Waals surface area contributed by atoms with Crippen LogP contribution >= 0.6 is 11.7 Å². The van der Waals surface area contributed by atoms with Gasteiger partial charge in [-0.3, -0.25) is 0 Å². The van der Waals surface area contributed by atoms with Gasteiger partial charge in [-0.05, 0) is 140 Å². The van der Waals surface area contributed by atoms with Crippen LogP contribution in [-0.2, 0) is 28.2 Å². The molecular formula is C66H77N7S. The summed E-state index contributed by atoms with van der Waals surface area (Å²) in [5, 5.41) is 10.8. The Labute approximate surface area is 446 Å². The summed E-state index contributed by atoms with van der Waals surface area (Å²) in [6.07, 6.45) is 4.58. The molecule has 7 aromatic carbocycles. The summed E-state index contributed by atoms with van der Waals surface area (Å²) in [5.41, 5.74) is 19.3. The highest BCUT2D eigenvalue weighted by molar-refractivity contribution is 7.00. The van der Waals surface area contributed by atoms with Crippen molar-refractivity contribution in [3.8, 4) is 22.3 Å². The lowest BCUT2D eigenvalue weighted by atomic mass is 9.86. The minimum atomic E-state index is 0.0499. The fourth-order valence-corrected chi connectivity index (χ4v) is 10.7. The molecular weight excluding hydrogens is 923 g/mol. The molecule has 0 radical (unpaired) electrons. The van der Waals surface area contributed by atoms with Crippen LogP contribution < -0.4 is 14.2 Å². The predicted molar refractivity (Wildman–Crippen MR) is 317 cm³/mol. The summed E-state index contributed by atoms with van der Waals surface area (Å²) in [4.78, 5) is 6.66. The van der Waals surface area contributed by atoms with Gasteiger partial charge in [0.25, 0.3) is 11.7 Å². The molecule has 0 aliphatic carbocycles. The summed E-state index contributed by atoms with van der Waals surface area (Å²) >= 11 is 1.25. The van der Waals surface area contributed by atoms with Crippen LogP contribution in [0.3, 0.4) is 0 Å². The van der Waals surface area contributed by atoms with Gasteiger partial charge in [0.05, 0.1) is 6.54 Å². The van der Waals surface area contributed by atoms with Crippen molar-refractivity contribution in [1.29, 1.82) is 0 Å². The normalized spacial score (nSPS) is 12.9. The predicted octanol–water partition coefficient (Wildman–Crippen LogP) is 19.0. The molecule has 2 aromatic heterocycles. The Morgan fingerprint density at radius 3 is 1.09 bits per heavy atom. The van der Waals surface area contributed by atoms with Gasteiger partial charge in [0.1, 0.15) is 11.0 Å². The molecule has 9 rings (SSSR count). The van der Waals surface area contributed by atoms with Crippen molar-refractivity contribution in [2.75, 3.05) is 9.80 Å². The summed E-state index contributed by atoms with van der Waals surface area (Å²) in [7, 11) is 0. The number of unbranched alkanes of at least 4 members (excludes halogenated alkanes) is 1. The van der Waals surface area contributed by atoms with E-state index in [1.54, 1.807) is 0 Å². The monoisotopic (exact) mass is 1000 g/mol. The van der Waals surface area contributed by atoms with E-state index in [0.717, 1.165) is 97.8 Å². The molecule has 382 valence electrons. The zero-order valence-corrected chi connectivity index (χ0v) is 47.3. The molecule has 7 nitrogen and oxygen atoms in total. The second kappa shape index (κ2) is 20.6. The zero-order chi connectivity index (χ0) is 52.7. The highest BCUT2D eigenvalue weighted by Gasteiger charge is 2.26. The Kier molecular flexibility index (Phi) is 14.5. The topological polar surface area (TPSA) is 64.2 Å². The number of aromatic nitrogens is 5. The van der Waals surface area contributed by atoms with Crippen LogP contribution in [0, 0.1) is 5.92 Å². The third kappa shape index (κ3) is 10.9. The molecule has 0 bridgehead atoms. The van der Waals surface area contributed by atoms with Crippen LogP contribution in [0.2, 0.25) is 0 Å². The molecule has 0 spiro atoms. The lowest BCUT2D eigenvalue weighted by Gasteiger charge is -2.28. The van der Waals surface area contributed by atoms with Crippen molar-refractivity contribution >= 4 is 67.9 Å². The first-order chi connectivity index (χ1) is 35.1. The van der Waals surface area contributed by atoms with Crippen LogP contribution in [0.5, 0.6) is 0 Å². The number of rotatable bonds is 14. The van der Waals surface area contributed by atoms with Gasteiger partial charge in [-0.25, -0.2) is 0 Å². The molecule has 2 heterocycles. The maximum Gasteiger partial charge on any atom is 0.279 e. The van der Waals surface area contributed by atoms with Gasteiger partial charge in [-0.15, -0.1) is 0 Å². The van der Waals surface area contributed by atoms with Crippen LogP contribution in [0.4, 0.5) is 34.1 Å². The fraction of sp³-hybridized carbons (Fsp3) is 0.364. The van der Waals surface area contributed by atoms with Gasteiger partial charge in [0, 0.05) is 56.3 Å². The summed E-state index contributed by atoms with van der Waals surface area (Å²) in [6, 6.07) is 53.9. The van der Waals surface area contributed by atoms with E-state index in [1.807, 2.05) is 4.80 Å². The van der Waals surface area contributed by atoms with E-state index in [2.05, 4.69) is 252 Å². The largest absolute Gasteiger partial charge is 0.311 e. The number of anilines is 6. The van der Waals surface area contributed by atoms with E-state index in [-0.39, 0.29) is 21.7 Å². The standard InChI is InChI=1S/C66H77N7S/c1-15-17-18-44(16-2)43-71-67-59-57(45-19-31-51(32-20-45)72(53-35-23-47(24-36-53)63(3,4)5)54-37-25-48(26-38-54)64(6,7)8)61-62(70-74-69-61)58(60(59)68-71)46-21-33-52(34-22-46)73(55-39-27-49(28-40-55)65(9,10)11)56-41-29-50(30-42-56)66(12,13)14/h19-42,44H,15-18,43H2,1-14H3. The number of hydrogen-bond acceptors (Lipinski definition) is 5. The lowest BCUT2D eigenvalue weighted by Crippen LogP contribution is -2.14. The first kappa shape index (κ1) is 52.2. The summed E-state index contributed by atoms with van der Waals surface area (Å²) < 4.78 is 10.2. The van der Waals surface area contributed by atoms with Gasteiger partial charge in [0.15, 0.2) is 0 Å². The average Bonchev–Trinajstić information content (AvgIpc) is 4.02. The number of fused-ring (bicyclic) bond motifs is 2. The van der Waals surface area contributed by atoms with Crippen molar-refractivity contribution in [1.82, 2.24) is 23.7 Å². The van der Waals surface area contributed by atoms with Gasteiger partial charge in [-0.2, -0.15) is 23.7 Å². The molecule has 1 atom stereocenters. The van der Waals surface area contributed by atoms with Crippen molar-refractivity contribution in [2.24, 2.45) is 5.92 Å². The van der Waals surface area contributed by atoms with Gasteiger partial charge < -0.3 is 9.80 Å². The van der Waals surface area contributed by atoms with E-state index < -0.39 is 0 Å². The van der Waals surface area contributed by atoms with Crippen LogP contribution in [0.15, 0.2) is 146 Å². The third-order valence-corrected chi connectivity index (χ3v) is 15.4. The number of benzene rings is 7. The molecule has 0 amide bonds. The van der Waals surface area contributed by atoms with Crippen LogP contribution in [0.25, 0.3) is 44.3 Å². The summed E-state index contributed by atoms with van der Waals surface area (Å²) in [5.74, 6) is 0.473. The SMILES string of the molecule is CCCCC(CC)Cn1nc2c(-c3ccc(N(c4ccc(C(C)(C)C)cc4)c4ccc(C(C)(C)C)cc4)cc3)c3n[s+][n-]c3c(-c3ccc(N(c4ccc(C(C)(C)C)cc4)c4ccc(C(C)(C)C)cc4)cc3)c2n1. The minimum Gasteiger partial charge on any atom is -0.311 e. The maximum absolute atomic E-state index is 5.41. The molecule has 0 aliphatic rings. The molecule has 0 saturated carbocycles. The molecule has 8 heteroatoms. The Morgan fingerprint density at radius 1 is 0.446 bits per heavy atom. The van der Waals surface area contributed by atoms with Crippen molar-refractivity contribution in [3.05, 3.63) is 168 Å². The molecule has 74 heavy (non-hydrogen) atoms. The van der Waals surface area contributed by atoms with Gasteiger partial charge >= 0.3 is 0 Å². The van der Waals surface area contributed by atoms with E-state index >= 15 is 0 Å². The first-order valence-electron chi connectivity index (χ1n) is 26.9. The first-order valence-corrected chi connectivity index (χ1v) is 27.6. The average molecular weight is 1000 g/mol. The van der Waals surface area contributed by atoms with Crippen molar-refractivity contribution in [2.45, 2.75) is 151 Å². The smallest absolute Gasteiger partial charge is 0.279 e. The maximum atomic E-state index is 5.41. The fourth-order valence-electron chi connectivity index (χ4n) is 10.1. The molecule has 0 fully saturated rings. The van der Waals surface area contributed by atoms with E-state index in [4.69, 9.17) is 18.9 Å². The number of nitrogens with zero attached hydrogens (tertiary/aromatic N) is 7. The lowest BCUT2D eigenvalue weighted by molar-refractivity contribution is 0.351. The second-order valence-electron chi connectivity index (χ2n) is 24.5. The van der Waals surface area contributed by atoms with Crippen molar-refractivity contribution < 1.29 is 0 Å². The summed E-state index contributed by atoms with van der Waals surface area (Å²) in [6.45, 7) is 32.5. The third-order valence-electron chi connectivity index (χ3n) is 14.9. The van der Waals surface area contributed by atoms with E-state index in [1.165, 1.54) is 46.8 Å². The molecule has 0 aliphatic heterocycles. The van der Waals surface area contributed by atoms with E-state index in [9.17, 15) is 0 Å². The molecule has 0 N–H and O–H groups in total. The van der Waals surface area contributed by atoms with Crippen LogP contribution in [0.1, 0.15) is 145 Å². The zero-order valence-electron chi connectivity index (χ0n) is 46.5. The van der Waals surface area contributed by atoms with E-state index in [0.29, 0.717) is 5.92 Å². The number of hydrogen-bond donors (Lipinski definition) is 0.